The SMILES string of the molecule is CCC(=O)OC.Cc1nc2c(F)cc(-c3nc(Nc4ccc(CN5CCOCC5)cn4)ncc3F)cc2n1C(C)C. The van der Waals surface area contributed by atoms with Crippen molar-refractivity contribution < 1.29 is 23.0 Å². The maximum atomic E-state index is 14.9. The van der Waals surface area contributed by atoms with Gasteiger partial charge < -0.3 is 19.4 Å². The van der Waals surface area contributed by atoms with Crippen LogP contribution in [-0.4, -0.2) is 68.8 Å². The Morgan fingerprint density at radius 2 is 1.85 bits per heavy atom. The molecule has 1 aliphatic heterocycles. The highest BCUT2D eigenvalue weighted by Gasteiger charge is 2.18. The number of aromatic nitrogens is 5. The molecule has 4 heterocycles. The predicted octanol–water partition coefficient (Wildman–Crippen LogP) is 5.20. The van der Waals surface area contributed by atoms with Gasteiger partial charge >= 0.3 is 5.97 Å². The van der Waals surface area contributed by atoms with Crippen LogP contribution in [0.3, 0.4) is 0 Å². The Hall–Kier alpha value is -4.03. The van der Waals surface area contributed by atoms with E-state index >= 15 is 0 Å². The molecule has 1 aliphatic rings. The molecule has 10 nitrogen and oxygen atoms in total. The number of imidazole rings is 1. The molecule has 0 radical (unpaired) electrons. The molecule has 0 amide bonds. The van der Waals surface area contributed by atoms with Gasteiger partial charge in [0.1, 0.15) is 22.9 Å². The minimum absolute atomic E-state index is 0.00129. The number of esters is 1. The van der Waals surface area contributed by atoms with Crippen molar-refractivity contribution in [3.63, 3.8) is 0 Å². The molecule has 0 atom stereocenters. The Kier molecular flexibility index (Phi) is 9.90. The van der Waals surface area contributed by atoms with Crippen molar-refractivity contribution in [2.75, 3.05) is 38.7 Å². The third-order valence-electron chi connectivity index (χ3n) is 6.55. The topological polar surface area (TPSA) is 107 Å². The van der Waals surface area contributed by atoms with Gasteiger partial charge in [0.2, 0.25) is 5.95 Å². The van der Waals surface area contributed by atoms with E-state index in [1.54, 1.807) is 19.2 Å². The Balaban J connectivity index is 0.000000585. The second kappa shape index (κ2) is 13.6. The number of anilines is 2. The number of benzene rings is 1. The molecule has 3 aromatic heterocycles. The first kappa shape index (κ1) is 29.9. The fraction of sp³-hybridized carbons (Fsp3) is 0.414. The molecular weight excluding hydrogens is 532 g/mol. The lowest BCUT2D eigenvalue weighted by Gasteiger charge is -2.26. The van der Waals surface area contributed by atoms with E-state index < -0.39 is 11.6 Å². The number of hydrogen-bond donors (Lipinski definition) is 1. The Morgan fingerprint density at radius 3 is 2.46 bits per heavy atom. The molecule has 41 heavy (non-hydrogen) atoms. The number of ether oxygens (including phenoxy) is 2. The van der Waals surface area contributed by atoms with Gasteiger partial charge in [-0.15, -0.1) is 0 Å². The van der Waals surface area contributed by atoms with Gasteiger partial charge in [-0.2, -0.15) is 0 Å². The van der Waals surface area contributed by atoms with Crippen LogP contribution in [0, 0.1) is 18.6 Å². The maximum Gasteiger partial charge on any atom is 0.305 e. The molecule has 1 saturated heterocycles. The van der Waals surface area contributed by atoms with Crippen molar-refractivity contribution in [1.82, 2.24) is 29.4 Å². The van der Waals surface area contributed by atoms with Crippen molar-refractivity contribution in [3.8, 4) is 11.3 Å². The number of fused-ring (bicyclic) bond motifs is 1. The van der Waals surface area contributed by atoms with Gasteiger partial charge in [0, 0.05) is 43.9 Å². The number of rotatable bonds is 7. The van der Waals surface area contributed by atoms with Crippen LogP contribution in [0.2, 0.25) is 0 Å². The van der Waals surface area contributed by atoms with Crippen LogP contribution in [0.4, 0.5) is 20.5 Å². The molecule has 1 aromatic carbocycles. The molecule has 4 aromatic rings. The van der Waals surface area contributed by atoms with E-state index in [0.717, 1.165) is 44.6 Å². The number of methoxy groups -OCH3 is 1. The zero-order chi connectivity index (χ0) is 29.5. The summed E-state index contributed by atoms with van der Waals surface area (Å²) in [4.78, 5) is 29.4. The highest BCUT2D eigenvalue weighted by atomic mass is 19.1. The molecule has 0 bridgehead atoms. The van der Waals surface area contributed by atoms with E-state index in [2.05, 4.69) is 34.9 Å². The summed E-state index contributed by atoms with van der Waals surface area (Å²) in [6.45, 7) is 11.6. The highest BCUT2D eigenvalue weighted by Crippen LogP contribution is 2.30. The molecule has 5 rings (SSSR count). The number of carbonyl (C=O) groups is 1. The number of aryl methyl sites for hydroxylation is 1. The van der Waals surface area contributed by atoms with Crippen molar-refractivity contribution in [3.05, 3.63) is 59.7 Å². The van der Waals surface area contributed by atoms with Gasteiger partial charge in [-0.05, 0) is 44.5 Å². The van der Waals surface area contributed by atoms with Crippen LogP contribution in [0.1, 0.15) is 44.6 Å². The molecule has 0 aliphatic carbocycles. The molecule has 0 saturated carbocycles. The van der Waals surface area contributed by atoms with Crippen LogP contribution in [-0.2, 0) is 20.8 Å². The zero-order valence-corrected chi connectivity index (χ0v) is 23.9. The van der Waals surface area contributed by atoms with Crippen LogP contribution in [0.25, 0.3) is 22.3 Å². The van der Waals surface area contributed by atoms with Crippen molar-refractivity contribution in [2.24, 2.45) is 0 Å². The second-order valence-electron chi connectivity index (χ2n) is 9.83. The molecular formula is C29H35F2N7O3. The van der Waals surface area contributed by atoms with Crippen LogP contribution >= 0.6 is 0 Å². The first-order valence-corrected chi connectivity index (χ1v) is 13.5. The van der Waals surface area contributed by atoms with Crippen molar-refractivity contribution in [2.45, 2.75) is 46.7 Å². The summed E-state index contributed by atoms with van der Waals surface area (Å²) >= 11 is 0. The van der Waals surface area contributed by atoms with E-state index in [9.17, 15) is 13.6 Å². The quantitative estimate of drug-likeness (QED) is 0.302. The van der Waals surface area contributed by atoms with E-state index in [4.69, 9.17) is 4.74 Å². The number of carbonyl (C=O) groups excluding carboxylic acids is 1. The highest BCUT2D eigenvalue weighted by molar-refractivity contribution is 5.83. The minimum Gasteiger partial charge on any atom is -0.469 e. The first-order chi connectivity index (χ1) is 19.7. The first-order valence-electron chi connectivity index (χ1n) is 13.5. The number of halogens is 2. The molecule has 12 heteroatoms. The summed E-state index contributed by atoms with van der Waals surface area (Å²) in [6, 6.07) is 6.85. The molecule has 1 N–H and O–H groups in total. The summed E-state index contributed by atoms with van der Waals surface area (Å²) in [7, 11) is 1.38. The predicted molar refractivity (Wildman–Crippen MR) is 152 cm³/mol. The summed E-state index contributed by atoms with van der Waals surface area (Å²) in [5, 5.41) is 3.01. The van der Waals surface area contributed by atoms with Crippen LogP contribution < -0.4 is 5.32 Å². The number of hydrogen-bond acceptors (Lipinski definition) is 9. The summed E-state index contributed by atoms with van der Waals surface area (Å²) in [5.74, 6) is 0.0718. The average molecular weight is 568 g/mol. The summed E-state index contributed by atoms with van der Waals surface area (Å²) in [6.07, 6.45) is 3.34. The third kappa shape index (κ3) is 7.39. The fourth-order valence-electron chi connectivity index (χ4n) is 4.56. The smallest absolute Gasteiger partial charge is 0.305 e. The zero-order valence-electron chi connectivity index (χ0n) is 23.9. The monoisotopic (exact) mass is 567 g/mol. The van der Waals surface area contributed by atoms with Gasteiger partial charge in [-0.25, -0.2) is 28.7 Å². The normalized spacial score (nSPS) is 13.7. The number of nitrogens with one attached hydrogen (secondary N) is 1. The fourth-order valence-corrected chi connectivity index (χ4v) is 4.56. The Morgan fingerprint density at radius 1 is 1.10 bits per heavy atom. The van der Waals surface area contributed by atoms with Crippen molar-refractivity contribution in [1.29, 1.82) is 0 Å². The van der Waals surface area contributed by atoms with Gasteiger partial charge in [-0.3, -0.25) is 9.69 Å². The standard InChI is InChI=1S/C25H27F2N7O.C4H8O2/c1-15(2)34-16(3)30-24-19(26)10-18(11-21(24)34)23-20(27)13-29-25(32-23)31-22-5-4-17(12-28-22)14-33-6-8-35-9-7-33;1-3-4(5)6-2/h4-5,10-13,15H,6-9,14H2,1-3H3,(H,28,29,31,32);3H2,1-2H3. The lowest BCUT2D eigenvalue weighted by molar-refractivity contribution is -0.140. The Bertz CT molecular complexity index is 1480. The van der Waals surface area contributed by atoms with Crippen LogP contribution in [0.15, 0.2) is 36.7 Å². The van der Waals surface area contributed by atoms with E-state index in [1.165, 1.54) is 13.2 Å². The molecule has 218 valence electrons. The molecule has 0 unspecified atom stereocenters. The van der Waals surface area contributed by atoms with Gasteiger partial charge in [0.05, 0.1) is 32.0 Å². The van der Waals surface area contributed by atoms with Crippen molar-refractivity contribution >= 4 is 28.8 Å². The maximum absolute atomic E-state index is 14.9. The second-order valence-corrected chi connectivity index (χ2v) is 9.83. The van der Waals surface area contributed by atoms with Gasteiger partial charge in [0.25, 0.3) is 0 Å². The minimum atomic E-state index is -0.643. The Labute approximate surface area is 237 Å². The molecule has 0 spiro atoms. The lowest BCUT2D eigenvalue weighted by Crippen LogP contribution is -2.35. The largest absolute Gasteiger partial charge is 0.469 e. The van der Waals surface area contributed by atoms with E-state index in [1.807, 2.05) is 37.5 Å². The van der Waals surface area contributed by atoms with Gasteiger partial charge in [0.15, 0.2) is 11.6 Å². The third-order valence-corrected chi connectivity index (χ3v) is 6.55. The summed E-state index contributed by atoms with van der Waals surface area (Å²) in [5.41, 5.74) is 2.25. The molecule has 1 fully saturated rings. The summed E-state index contributed by atoms with van der Waals surface area (Å²) < 4.78 is 41.2. The number of nitrogens with zero attached hydrogens (tertiary/aromatic N) is 6. The van der Waals surface area contributed by atoms with Gasteiger partial charge in [-0.1, -0.05) is 13.0 Å². The van der Waals surface area contributed by atoms with E-state index in [-0.39, 0.29) is 29.2 Å². The number of pyridine rings is 1. The van der Waals surface area contributed by atoms with E-state index in [0.29, 0.717) is 29.1 Å². The number of morpholine rings is 1. The lowest BCUT2D eigenvalue weighted by atomic mass is 10.1. The van der Waals surface area contributed by atoms with Crippen LogP contribution in [0.5, 0.6) is 0 Å². The average Bonchev–Trinajstić information content (AvgIpc) is 3.32.